The van der Waals surface area contributed by atoms with E-state index < -0.39 is 18.1 Å². The molecule has 5 heterocycles. The molecular weight excluding hydrogens is 689 g/mol. The van der Waals surface area contributed by atoms with E-state index in [2.05, 4.69) is 10.2 Å². The predicted octanol–water partition coefficient (Wildman–Crippen LogP) is 6.21. The highest BCUT2D eigenvalue weighted by Gasteiger charge is 2.38. The van der Waals surface area contributed by atoms with Gasteiger partial charge in [-0.25, -0.2) is 9.59 Å². The summed E-state index contributed by atoms with van der Waals surface area (Å²) in [5, 5.41) is 13.7. The minimum absolute atomic E-state index is 0.102. The molecule has 13 heteroatoms. The van der Waals surface area contributed by atoms with Crippen LogP contribution in [-0.2, 0) is 27.2 Å². The van der Waals surface area contributed by atoms with Crippen molar-refractivity contribution in [3.63, 3.8) is 0 Å². The first-order valence-corrected chi connectivity index (χ1v) is 17.6. The maximum Gasteiger partial charge on any atom is 0.348 e. The number of fused-ring (bicyclic) bond motifs is 3. The first kappa shape index (κ1) is 35.0. The van der Waals surface area contributed by atoms with Gasteiger partial charge < -0.3 is 18.9 Å². The second-order valence-electron chi connectivity index (χ2n) is 12.1. The van der Waals surface area contributed by atoms with Crippen molar-refractivity contribution < 1.29 is 38.5 Å². The highest BCUT2D eigenvalue weighted by atomic mass is 35.5. The van der Waals surface area contributed by atoms with Crippen LogP contribution in [0.25, 0.3) is 0 Å². The summed E-state index contributed by atoms with van der Waals surface area (Å²) >= 11 is 14.1. The van der Waals surface area contributed by atoms with E-state index in [0.717, 1.165) is 47.6 Å². The molecule has 258 valence electrons. The summed E-state index contributed by atoms with van der Waals surface area (Å²) in [5.41, 5.74) is 1.94. The average molecular weight is 728 g/mol. The fourth-order valence-electron chi connectivity index (χ4n) is 6.42. The van der Waals surface area contributed by atoms with Gasteiger partial charge in [-0.15, -0.1) is 11.3 Å². The van der Waals surface area contributed by atoms with E-state index in [1.54, 1.807) is 24.3 Å². The summed E-state index contributed by atoms with van der Waals surface area (Å²) < 4.78 is 23.8. The summed E-state index contributed by atoms with van der Waals surface area (Å²) in [4.78, 5) is 30.7. The molecule has 10 nitrogen and oxygen atoms in total. The quantitative estimate of drug-likeness (QED) is 0.0945. The molecule has 0 amide bonds. The number of aromatic nitrogens is 1. The van der Waals surface area contributed by atoms with Gasteiger partial charge in [0.1, 0.15) is 33.2 Å². The summed E-state index contributed by atoms with van der Waals surface area (Å²) in [6.45, 7) is 3.24. The number of esters is 2. The van der Waals surface area contributed by atoms with E-state index in [-0.39, 0.29) is 28.5 Å². The van der Waals surface area contributed by atoms with Gasteiger partial charge in [0.25, 0.3) is 0 Å². The van der Waals surface area contributed by atoms with Gasteiger partial charge in [0.2, 0.25) is 12.4 Å². The summed E-state index contributed by atoms with van der Waals surface area (Å²) in [6, 6.07) is 17.6. The Morgan fingerprint density at radius 2 is 1.69 bits per heavy atom. The number of pyridine rings is 1. The molecule has 2 aromatic heterocycles. The minimum atomic E-state index is -0.816. The topological polar surface area (TPSA) is 110 Å². The Balaban J connectivity index is 1.17. The highest BCUT2D eigenvalue weighted by Crippen LogP contribution is 2.36. The number of hydrogen-bond acceptors (Lipinski definition) is 10. The molecule has 2 aromatic carbocycles. The van der Waals surface area contributed by atoms with E-state index in [1.165, 1.54) is 38.0 Å². The van der Waals surface area contributed by atoms with Crippen LogP contribution < -0.4 is 19.5 Å². The van der Waals surface area contributed by atoms with Crippen LogP contribution in [-0.4, -0.2) is 62.0 Å². The lowest BCUT2D eigenvalue weighted by molar-refractivity contribution is -0.904. The molecule has 3 aliphatic heterocycles. The van der Waals surface area contributed by atoms with E-state index in [4.69, 9.17) is 42.1 Å². The van der Waals surface area contributed by atoms with Crippen LogP contribution in [0.5, 0.6) is 11.5 Å². The zero-order valence-corrected chi connectivity index (χ0v) is 29.5. The SMILES string of the molecule is COc1ccc([C@H](Cc2c(Cl)c[n+](O)cc2Cl)OC(=O)c2ccc(CN[C@@H](C(=O)O[C@H]3CN4CCC3CC4)c3ccccc3)s2)cc1OC. The maximum absolute atomic E-state index is 13.6. The second kappa shape index (κ2) is 15.8. The normalized spacial score (nSPS) is 19.6. The van der Waals surface area contributed by atoms with Crippen LogP contribution in [0, 0.1) is 5.92 Å². The Hall–Kier alpha value is -3.87. The Bertz CT molecular complexity index is 1760. The molecule has 0 radical (unpaired) electrons. The van der Waals surface area contributed by atoms with Crippen molar-refractivity contribution in [2.75, 3.05) is 33.9 Å². The number of ether oxygens (including phenoxy) is 4. The van der Waals surface area contributed by atoms with E-state index >= 15 is 0 Å². The van der Waals surface area contributed by atoms with Gasteiger partial charge in [-0.3, -0.25) is 15.4 Å². The van der Waals surface area contributed by atoms with Crippen LogP contribution in [0.15, 0.2) is 73.1 Å². The van der Waals surface area contributed by atoms with E-state index in [1.807, 2.05) is 36.4 Å². The van der Waals surface area contributed by atoms with Crippen molar-refractivity contribution >= 4 is 46.5 Å². The number of thiophene rings is 1. The lowest BCUT2D eigenvalue weighted by Crippen LogP contribution is -2.52. The van der Waals surface area contributed by atoms with Gasteiger partial charge in [-0.2, -0.15) is 0 Å². The lowest BCUT2D eigenvalue weighted by Gasteiger charge is -2.44. The monoisotopic (exact) mass is 726 g/mol. The van der Waals surface area contributed by atoms with Gasteiger partial charge >= 0.3 is 11.9 Å². The Labute approximate surface area is 299 Å². The molecular formula is C36H38Cl2N3O7S+. The molecule has 7 rings (SSSR count). The number of nitrogens with one attached hydrogen (secondary N) is 1. The third kappa shape index (κ3) is 8.30. The maximum atomic E-state index is 13.6. The second-order valence-corrected chi connectivity index (χ2v) is 14.1. The number of hydrogen-bond donors (Lipinski definition) is 2. The molecule has 3 fully saturated rings. The molecule has 0 unspecified atom stereocenters. The standard InChI is InChI=1S/C36H38Cl2N3O7S/c1-45-29-10-8-24(16-31(29)46-2)30(17-26-27(37)19-41(44)20-28(26)38)47-35(42)33-11-9-25(49-33)18-39-34(23-6-4-3-5-7-23)36(43)48-32-21-40-14-12-22(32)13-15-40/h3-11,16,19-20,22,30,32,34,39,44H,12-15,17-18,21H2,1-2H3/q+1/t30-,32-,34+/m0/s1. The first-order chi connectivity index (χ1) is 23.7. The molecule has 3 saturated heterocycles. The van der Waals surface area contributed by atoms with Gasteiger partial charge in [0, 0.05) is 34.7 Å². The van der Waals surface area contributed by atoms with Crippen molar-refractivity contribution in [3.8, 4) is 11.5 Å². The Morgan fingerprint density at radius 3 is 2.35 bits per heavy atom. The zero-order chi connectivity index (χ0) is 34.5. The van der Waals surface area contributed by atoms with Crippen LogP contribution in [0.1, 0.15) is 56.2 Å². The summed E-state index contributed by atoms with van der Waals surface area (Å²) in [7, 11) is 3.06. The van der Waals surface area contributed by atoms with Crippen molar-refractivity contribution in [3.05, 3.63) is 110 Å². The molecule has 0 aliphatic carbocycles. The van der Waals surface area contributed by atoms with Gasteiger partial charge in [-0.05, 0) is 67.2 Å². The number of carbonyl (C=O) groups is 2. The molecule has 49 heavy (non-hydrogen) atoms. The largest absolute Gasteiger partial charge is 0.493 e. The molecule has 3 atom stereocenters. The van der Waals surface area contributed by atoms with Crippen LogP contribution in [0.2, 0.25) is 10.0 Å². The lowest BCUT2D eigenvalue weighted by atomic mass is 9.86. The van der Waals surface area contributed by atoms with Crippen molar-refractivity contribution in [2.24, 2.45) is 5.92 Å². The number of halogens is 2. The average Bonchev–Trinajstić information content (AvgIpc) is 3.59. The third-order valence-electron chi connectivity index (χ3n) is 9.06. The number of piperidine rings is 3. The van der Waals surface area contributed by atoms with Gasteiger partial charge in [0.15, 0.2) is 11.5 Å². The number of nitrogens with zero attached hydrogens (tertiary/aromatic N) is 2. The fourth-order valence-corrected chi connectivity index (χ4v) is 7.87. The van der Waals surface area contributed by atoms with Crippen LogP contribution >= 0.6 is 34.5 Å². The first-order valence-electron chi connectivity index (χ1n) is 16.0. The van der Waals surface area contributed by atoms with Crippen molar-refractivity contribution in [2.45, 2.75) is 44.1 Å². The van der Waals surface area contributed by atoms with Crippen LogP contribution in [0.4, 0.5) is 0 Å². The summed E-state index contributed by atoms with van der Waals surface area (Å²) in [5.74, 6) is 0.537. The number of carbonyl (C=O) groups excluding carboxylic acids is 2. The van der Waals surface area contributed by atoms with Crippen molar-refractivity contribution in [1.82, 2.24) is 10.2 Å². The molecule has 0 saturated carbocycles. The molecule has 3 aliphatic rings. The number of methoxy groups -OCH3 is 2. The van der Waals surface area contributed by atoms with E-state index in [9.17, 15) is 14.8 Å². The Morgan fingerprint density at radius 1 is 0.980 bits per heavy atom. The molecule has 2 bridgehead atoms. The molecule has 4 aromatic rings. The fraction of sp³-hybridized carbons (Fsp3) is 0.361. The molecule has 0 spiro atoms. The minimum Gasteiger partial charge on any atom is -0.493 e. The van der Waals surface area contributed by atoms with Crippen molar-refractivity contribution in [1.29, 1.82) is 0 Å². The number of benzene rings is 2. The number of rotatable bonds is 13. The zero-order valence-electron chi connectivity index (χ0n) is 27.1. The highest BCUT2D eigenvalue weighted by molar-refractivity contribution is 7.13. The van der Waals surface area contributed by atoms with E-state index in [0.29, 0.717) is 40.0 Å². The predicted molar refractivity (Wildman–Crippen MR) is 185 cm³/mol. The third-order valence-corrected chi connectivity index (χ3v) is 10.8. The summed E-state index contributed by atoms with van der Waals surface area (Å²) in [6.07, 6.45) is 3.93. The van der Waals surface area contributed by atoms with Gasteiger partial charge in [0.05, 0.1) is 14.2 Å². The molecule has 2 N–H and O–H groups in total. The van der Waals surface area contributed by atoms with Crippen LogP contribution in [0.3, 0.4) is 0 Å². The smallest absolute Gasteiger partial charge is 0.348 e. The van der Waals surface area contributed by atoms with Gasteiger partial charge in [-0.1, -0.05) is 59.6 Å². The Kier molecular flexibility index (Phi) is 11.3.